The number of aryl methyl sites for hydroxylation is 1. The Morgan fingerprint density at radius 2 is 1.93 bits per heavy atom. The molecule has 1 atom stereocenters. The molecule has 2 aromatic heterocycles. The molecule has 3 aromatic rings. The average molecular weight is 382 g/mol. The van der Waals surface area contributed by atoms with Crippen molar-refractivity contribution in [3.8, 4) is 22.8 Å². The van der Waals surface area contributed by atoms with Gasteiger partial charge in [-0.2, -0.15) is 5.10 Å². The van der Waals surface area contributed by atoms with Gasteiger partial charge in [-0.05, 0) is 44.0 Å². The first kappa shape index (κ1) is 18.6. The Morgan fingerprint density at radius 3 is 2.61 bits per heavy atom. The van der Waals surface area contributed by atoms with Gasteiger partial charge in [0.05, 0.1) is 43.4 Å². The number of nitrogens with one attached hydrogen (secondary N) is 1. The highest BCUT2D eigenvalue weighted by Gasteiger charge is 2.29. The number of H-pyrrole nitrogens is 1. The highest BCUT2D eigenvalue weighted by molar-refractivity contribution is 5.60. The van der Waals surface area contributed by atoms with Crippen molar-refractivity contribution in [1.29, 1.82) is 0 Å². The summed E-state index contributed by atoms with van der Waals surface area (Å²) in [4.78, 5) is 2.48. The first-order valence-electron chi connectivity index (χ1n) is 9.61. The van der Waals surface area contributed by atoms with Crippen LogP contribution in [-0.4, -0.2) is 41.0 Å². The summed E-state index contributed by atoms with van der Waals surface area (Å²) in [6.07, 6.45) is 5.28. The van der Waals surface area contributed by atoms with E-state index in [1.54, 1.807) is 14.2 Å². The number of hydrogen-bond acceptors (Lipinski definition) is 6. The van der Waals surface area contributed by atoms with Gasteiger partial charge in [0.25, 0.3) is 0 Å². The number of aromatic nitrogens is 3. The fourth-order valence-electron chi connectivity index (χ4n) is 3.94. The number of likely N-dealkylation sites (tertiary alicyclic amines) is 1. The summed E-state index contributed by atoms with van der Waals surface area (Å²) in [5.74, 6) is 2.37. The molecule has 148 valence electrons. The van der Waals surface area contributed by atoms with Crippen LogP contribution in [0.4, 0.5) is 0 Å². The van der Waals surface area contributed by atoms with Gasteiger partial charge in [-0.3, -0.25) is 10.00 Å². The summed E-state index contributed by atoms with van der Waals surface area (Å²) < 4.78 is 16.4. The SMILES string of the molecule is COc1cc(CN2CCCC[C@@H]2c2[nH]ncc2-c2cc(C)no2)cc(OC)c1. The lowest BCUT2D eigenvalue weighted by atomic mass is 9.95. The van der Waals surface area contributed by atoms with Gasteiger partial charge >= 0.3 is 0 Å². The summed E-state index contributed by atoms with van der Waals surface area (Å²) in [6, 6.07) is 8.24. The van der Waals surface area contributed by atoms with Crippen LogP contribution in [-0.2, 0) is 6.54 Å². The molecule has 28 heavy (non-hydrogen) atoms. The number of piperidine rings is 1. The lowest BCUT2D eigenvalue weighted by Crippen LogP contribution is -2.33. The lowest BCUT2D eigenvalue weighted by molar-refractivity contribution is 0.137. The third kappa shape index (κ3) is 3.75. The van der Waals surface area contributed by atoms with E-state index in [1.165, 1.54) is 18.4 Å². The van der Waals surface area contributed by atoms with Crippen molar-refractivity contribution in [2.24, 2.45) is 0 Å². The molecule has 1 N–H and O–H groups in total. The smallest absolute Gasteiger partial charge is 0.170 e. The molecule has 0 aliphatic carbocycles. The maximum Gasteiger partial charge on any atom is 0.170 e. The van der Waals surface area contributed by atoms with E-state index >= 15 is 0 Å². The molecule has 1 fully saturated rings. The maximum atomic E-state index is 5.49. The van der Waals surface area contributed by atoms with Crippen molar-refractivity contribution in [2.45, 2.75) is 38.8 Å². The standard InChI is InChI=1S/C21H26N4O3/c1-14-8-20(28-24-14)18-12-22-23-21(18)19-6-4-5-7-25(19)13-15-9-16(26-2)11-17(10-15)27-3/h8-12,19H,4-7,13H2,1-3H3,(H,22,23)/t19-/m1/s1. The largest absolute Gasteiger partial charge is 0.497 e. The van der Waals surface area contributed by atoms with Crippen molar-refractivity contribution < 1.29 is 14.0 Å². The molecule has 1 aromatic carbocycles. The number of benzene rings is 1. The molecule has 0 radical (unpaired) electrons. The van der Waals surface area contributed by atoms with Gasteiger partial charge in [0, 0.05) is 18.7 Å². The average Bonchev–Trinajstić information content (AvgIpc) is 3.37. The van der Waals surface area contributed by atoms with Crippen molar-refractivity contribution >= 4 is 0 Å². The Balaban J connectivity index is 1.62. The number of aromatic amines is 1. The first-order valence-corrected chi connectivity index (χ1v) is 9.61. The first-order chi connectivity index (χ1) is 13.7. The van der Waals surface area contributed by atoms with Crippen molar-refractivity contribution in [3.63, 3.8) is 0 Å². The van der Waals surface area contributed by atoms with E-state index in [4.69, 9.17) is 14.0 Å². The van der Waals surface area contributed by atoms with Crippen LogP contribution in [0.5, 0.6) is 11.5 Å². The zero-order valence-corrected chi connectivity index (χ0v) is 16.6. The highest BCUT2D eigenvalue weighted by atomic mass is 16.5. The number of nitrogens with zero attached hydrogens (tertiary/aromatic N) is 3. The summed E-state index contributed by atoms with van der Waals surface area (Å²) >= 11 is 0. The Morgan fingerprint density at radius 1 is 1.14 bits per heavy atom. The van der Waals surface area contributed by atoms with E-state index in [-0.39, 0.29) is 6.04 Å². The van der Waals surface area contributed by atoms with Crippen LogP contribution in [0, 0.1) is 6.92 Å². The van der Waals surface area contributed by atoms with E-state index in [0.29, 0.717) is 0 Å². The minimum atomic E-state index is 0.244. The second-order valence-electron chi connectivity index (χ2n) is 7.23. The third-order valence-electron chi connectivity index (χ3n) is 5.31. The van der Waals surface area contributed by atoms with Crippen LogP contribution in [0.3, 0.4) is 0 Å². The number of rotatable bonds is 6. The Labute approximate surface area is 164 Å². The van der Waals surface area contributed by atoms with E-state index in [2.05, 4.69) is 32.4 Å². The van der Waals surface area contributed by atoms with E-state index in [1.807, 2.05) is 25.3 Å². The highest BCUT2D eigenvalue weighted by Crippen LogP contribution is 2.37. The molecule has 0 amide bonds. The fourth-order valence-corrected chi connectivity index (χ4v) is 3.94. The van der Waals surface area contributed by atoms with Crippen LogP contribution in [0.15, 0.2) is 35.0 Å². The second-order valence-corrected chi connectivity index (χ2v) is 7.23. The van der Waals surface area contributed by atoms with E-state index in [0.717, 1.165) is 53.7 Å². The van der Waals surface area contributed by atoms with Gasteiger partial charge in [-0.1, -0.05) is 11.6 Å². The third-order valence-corrected chi connectivity index (χ3v) is 5.31. The number of hydrogen-bond donors (Lipinski definition) is 1. The normalized spacial score (nSPS) is 17.6. The van der Waals surface area contributed by atoms with Gasteiger partial charge in [0.15, 0.2) is 5.76 Å². The summed E-state index contributed by atoms with van der Waals surface area (Å²) in [5, 5.41) is 11.5. The predicted molar refractivity (Wildman–Crippen MR) is 105 cm³/mol. The summed E-state index contributed by atoms with van der Waals surface area (Å²) in [5.41, 5.74) is 4.11. The van der Waals surface area contributed by atoms with Gasteiger partial charge in [0.1, 0.15) is 11.5 Å². The van der Waals surface area contributed by atoms with E-state index in [9.17, 15) is 0 Å². The summed E-state index contributed by atoms with van der Waals surface area (Å²) in [7, 11) is 3.36. The van der Waals surface area contributed by atoms with Gasteiger partial charge in [-0.15, -0.1) is 0 Å². The van der Waals surface area contributed by atoms with Gasteiger partial charge in [0.2, 0.25) is 0 Å². The predicted octanol–water partition coefficient (Wildman–Crippen LogP) is 4.12. The van der Waals surface area contributed by atoms with Crippen molar-refractivity contribution in [1.82, 2.24) is 20.3 Å². The topological polar surface area (TPSA) is 76.4 Å². The van der Waals surface area contributed by atoms with Crippen LogP contribution in [0.25, 0.3) is 11.3 Å². The molecule has 7 heteroatoms. The molecule has 1 aliphatic rings. The second kappa shape index (κ2) is 8.06. The summed E-state index contributed by atoms with van der Waals surface area (Å²) in [6.45, 7) is 3.76. The number of methoxy groups -OCH3 is 2. The molecule has 7 nitrogen and oxygen atoms in total. The zero-order valence-electron chi connectivity index (χ0n) is 16.6. The Kier molecular flexibility index (Phi) is 5.34. The van der Waals surface area contributed by atoms with Gasteiger partial charge < -0.3 is 14.0 Å². The van der Waals surface area contributed by atoms with Crippen LogP contribution < -0.4 is 9.47 Å². The van der Waals surface area contributed by atoms with Crippen molar-refractivity contribution in [2.75, 3.05) is 20.8 Å². The molecule has 0 spiro atoms. The molecule has 0 unspecified atom stereocenters. The Bertz CT molecular complexity index is 911. The van der Waals surface area contributed by atoms with Crippen LogP contribution >= 0.6 is 0 Å². The van der Waals surface area contributed by atoms with Gasteiger partial charge in [-0.25, -0.2) is 0 Å². The molecule has 4 rings (SSSR count). The van der Waals surface area contributed by atoms with E-state index < -0.39 is 0 Å². The molecule has 1 saturated heterocycles. The quantitative estimate of drug-likeness (QED) is 0.691. The monoisotopic (exact) mass is 382 g/mol. The number of ether oxygens (including phenoxy) is 2. The zero-order chi connectivity index (χ0) is 19.5. The molecule has 0 saturated carbocycles. The fraction of sp³-hybridized carbons (Fsp3) is 0.429. The maximum absolute atomic E-state index is 5.49. The molecule has 1 aliphatic heterocycles. The molecular weight excluding hydrogens is 356 g/mol. The molecule has 0 bridgehead atoms. The Hall–Kier alpha value is -2.80. The lowest BCUT2D eigenvalue weighted by Gasteiger charge is -2.35. The van der Waals surface area contributed by atoms with Crippen LogP contribution in [0.2, 0.25) is 0 Å². The van der Waals surface area contributed by atoms with Crippen LogP contribution in [0.1, 0.15) is 42.3 Å². The van der Waals surface area contributed by atoms with Crippen molar-refractivity contribution in [3.05, 3.63) is 47.4 Å². The molecular formula is C21H26N4O3. The minimum Gasteiger partial charge on any atom is -0.497 e. The molecule has 3 heterocycles. The minimum absolute atomic E-state index is 0.244.